The van der Waals surface area contributed by atoms with Gasteiger partial charge in [-0.1, -0.05) is 30.1 Å². The Morgan fingerprint density at radius 1 is 1.39 bits per heavy atom. The predicted molar refractivity (Wildman–Crippen MR) is 76.1 cm³/mol. The lowest BCUT2D eigenvalue weighted by molar-refractivity contribution is 0.655. The van der Waals surface area contributed by atoms with E-state index in [0.29, 0.717) is 22.5 Å². The molecule has 1 aromatic heterocycles. The van der Waals surface area contributed by atoms with Crippen LogP contribution in [0, 0.1) is 0 Å². The number of halogens is 2. The molecule has 2 aromatic rings. The molecule has 3 nitrogen and oxygen atoms in total. The van der Waals surface area contributed by atoms with Crippen LogP contribution in [0.3, 0.4) is 0 Å². The topological polar surface area (TPSA) is 54.7 Å². The number of aromatic nitrogens is 2. The Morgan fingerprint density at radius 2 is 2.17 bits per heavy atom. The van der Waals surface area contributed by atoms with Gasteiger partial charge in [0.1, 0.15) is 5.82 Å². The van der Waals surface area contributed by atoms with Crippen LogP contribution in [0.5, 0.6) is 0 Å². The Bertz CT molecular complexity index is 537. The summed E-state index contributed by atoms with van der Waals surface area (Å²) in [5.41, 5.74) is 7.29. The molecule has 0 amide bonds. The molecule has 1 aromatic carbocycles. The number of hydrogen-bond acceptors (Lipinski definition) is 2. The predicted octanol–water partition coefficient (Wildman–Crippen LogP) is 3.84. The molecule has 0 radical (unpaired) electrons. The van der Waals surface area contributed by atoms with Gasteiger partial charge in [0, 0.05) is 16.5 Å². The Hall–Kier alpha value is -1.03. The van der Waals surface area contributed by atoms with Gasteiger partial charge in [-0.15, -0.1) is 0 Å². The standard InChI is InChI=1S/C13H15Cl2N3/c1-8(4-5-16)13-17-7-12(18-13)10-6-9(14)2-3-11(10)15/h2-3,6-8H,4-5,16H2,1H3,(H,17,18). The number of aromatic amines is 1. The van der Waals surface area contributed by atoms with E-state index in [0.717, 1.165) is 23.5 Å². The zero-order valence-corrected chi connectivity index (χ0v) is 11.6. The summed E-state index contributed by atoms with van der Waals surface area (Å²) in [7, 11) is 0. The molecule has 1 unspecified atom stereocenters. The summed E-state index contributed by atoms with van der Waals surface area (Å²) in [6.07, 6.45) is 2.68. The molecule has 3 N–H and O–H groups in total. The molecule has 2 rings (SSSR count). The van der Waals surface area contributed by atoms with Crippen molar-refractivity contribution in [2.24, 2.45) is 5.73 Å². The first-order valence-electron chi connectivity index (χ1n) is 5.82. The third kappa shape index (κ3) is 2.86. The van der Waals surface area contributed by atoms with Crippen molar-refractivity contribution in [1.82, 2.24) is 9.97 Å². The van der Waals surface area contributed by atoms with Gasteiger partial charge in [-0.2, -0.15) is 0 Å². The molecule has 0 saturated heterocycles. The Morgan fingerprint density at radius 3 is 2.89 bits per heavy atom. The van der Waals surface area contributed by atoms with Crippen molar-refractivity contribution < 1.29 is 0 Å². The van der Waals surface area contributed by atoms with Gasteiger partial charge in [0.25, 0.3) is 0 Å². The van der Waals surface area contributed by atoms with Gasteiger partial charge in [0.2, 0.25) is 0 Å². The number of nitrogens with two attached hydrogens (primary N) is 1. The third-order valence-corrected chi connectivity index (χ3v) is 3.45. The summed E-state index contributed by atoms with van der Waals surface area (Å²) in [6.45, 7) is 2.74. The van der Waals surface area contributed by atoms with Crippen LogP contribution in [0.15, 0.2) is 24.4 Å². The van der Waals surface area contributed by atoms with Crippen LogP contribution in [0.1, 0.15) is 25.1 Å². The van der Waals surface area contributed by atoms with Crippen LogP contribution in [0.4, 0.5) is 0 Å². The van der Waals surface area contributed by atoms with Gasteiger partial charge in [0.15, 0.2) is 0 Å². The summed E-state index contributed by atoms with van der Waals surface area (Å²) in [4.78, 5) is 7.64. The number of hydrogen-bond donors (Lipinski definition) is 2. The van der Waals surface area contributed by atoms with Gasteiger partial charge in [-0.3, -0.25) is 0 Å². The average molecular weight is 284 g/mol. The minimum atomic E-state index is 0.307. The molecule has 0 spiro atoms. The summed E-state index contributed by atoms with van der Waals surface area (Å²) in [6, 6.07) is 5.37. The molecule has 0 aliphatic carbocycles. The molecule has 1 atom stereocenters. The molecule has 0 aliphatic rings. The van der Waals surface area contributed by atoms with E-state index in [1.165, 1.54) is 0 Å². The highest BCUT2D eigenvalue weighted by Crippen LogP contribution is 2.30. The van der Waals surface area contributed by atoms with E-state index in [1.807, 2.05) is 6.07 Å². The summed E-state index contributed by atoms with van der Waals surface area (Å²) >= 11 is 12.1. The summed E-state index contributed by atoms with van der Waals surface area (Å²) in [5, 5.41) is 1.31. The Kier molecular flexibility index (Phi) is 4.27. The molecule has 1 heterocycles. The first-order valence-corrected chi connectivity index (χ1v) is 6.57. The molecule has 0 fully saturated rings. The zero-order chi connectivity index (χ0) is 13.1. The molecular formula is C13H15Cl2N3. The second-order valence-electron chi connectivity index (χ2n) is 4.28. The number of benzene rings is 1. The largest absolute Gasteiger partial charge is 0.342 e. The van der Waals surface area contributed by atoms with E-state index in [9.17, 15) is 0 Å². The maximum atomic E-state index is 6.15. The van der Waals surface area contributed by atoms with Crippen molar-refractivity contribution in [2.75, 3.05) is 6.54 Å². The van der Waals surface area contributed by atoms with E-state index in [2.05, 4.69) is 16.9 Å². The van der Waals surface area contributed by atoms with E-state index in [1.54, 1.807) is 18.3 Å². The van der Waals surface area contributed by atoms with Crippen LogP contribution in [-0.4, -0.2) is 16.5 Å². The molecule has 0 aliphatic heterocycles. The maximum absolute atomic E-state index is 6.15. The van der Waals surface area contributed by atoms with E-state index in [4.69, 9.17) is 28.9 Å². The zero-order valence-electron chi connectivity index (χ0n) is 10.1. The lowest BCUT2D eigenvalue weighted by atomic mass is 10.1. The number of imidazole rings is 1. The molecular weight excluding hydrogens is 269 g/mol. The molecule has 0 bridgehead atoms. The fourth-order valence-corrected chi connectivity index (χ4v) is 2.21. The lowest BCUT2D eigenvalue weighted by Crippen LogP contribution is -2.05. The highest BCUT2D eigenvalue weighted by molar-refractivity contribution is 6.35. The second-order valence-corrected chi connectivity index (χ2v) is 5.13. The maximum Gasteiger partial charge on any atom is 0.109 e. The van der Waals surface area contributed by atoms with Crippen LogP contribution >= 0.6 is 23.2 Å². The van der Waals surface area contributed by atoms with Crippen molar-refractivity contribution in [1.29, 1.82) is 0 Å². The monoisotopic (exact) mass is 283 g/mol. The minimum absolute atomic E-state index is 0.307. The van der Waals surface area contributed by atoms with Crippen molar-refractivity contribution in [3.63, 3.8) is 0 Å². The Labute approximate surface area is 116 Å². The van der Waals surface area contributed by atoms with Crippen molar-refractivity contribution in [2.45, 2.75) is 19.3 Å². The SMILES string of the molecule is CC(CCN)c1ncc(-c2cc(Cl)ccc2Cl)[nH]1. The minimum Gasteiger partial charge on any atom is -0.342 e. The van der Waals surface area contributed by atoms with Crippen molar-refractivity contribution >= 4 is 23.2 Å². The van der Waals surface area contributed by atoms with Crippen LogP contribution in [0.25, 0.3) is 11.3 Å². The van der Waals surface area contributed by atoms with Gasteiger partial charge in [-0.05, 0) is 31.2 Å². The average Bonchev–Trinajstić information content (AvgIpc) is 2.82. The number of nitrogens with zero attached hydrogens (tertiary/aromatic N) is 1. The smallest absolute Gasteiger partial charge is 0.109 e. The number of H-pyrrole nitrogens is 1. The van der Waals surface area contributed by atoms with Crippen molar-refractivity contribution in [3.8, 4) is 11.3 Å². The quantitative estimate of drug-likeness (QED) is 0.896. The van der Waals surface area contributed by atoms with Crippen molar-refractivity contribution in [3.05, 3.63) is 40.3 Å². The molecule has 18 heavy (non-hydrogen) atoms. The molecule has 96 valence electrons. The molecule has 5 heteroatoms. The Balaban J connectivity index is 2.32. The fourth-order valence-electron chi connectivity index (χ4n) is 1.81. The highest BCUT2D eigenvalue weighted by Gasteiger charge is 2.12. The molecule has 0 saturated carbocycles. The van der Waals surface area contributed by atoms with Crippen LogP contribution in [0.2, 0.25) is 10.0 Å². The van der Waals surface area contributed by atoms with E-state index < -0.39 is 0 Å². The number of nitrogens with one attached hydrogen (secondary N) is 1. The first-order chi connectivity index (χ1) is 8.61. The van der Waals surface area contributed by atoms with E-state index >= 15 is 0 Å². The van der Waals surface area contributed by atoms with Gasteiger partial charge in [0.05, 0.1) is 16.9 Å². The van der Waals surface area contributed by atoms with Gasteiger partial charge in [-0.25, -0.2) is 4.98 Å². The highest BCUT2D eigenvalue weighted by atomic mass is 35.5. The van der Waals surface area contributed by atoms with Gasteiger partial charge >= 0.3 is 0 Å². The van der Waals surface area contributed by atoms with Crippen LogP contribution < -0.4 is 5.73 Å². The fraction of sp³-hybridized carbons (Fsp3) is 0.308. The summed E-state index contributed by atoms with van der Waals surface area (Å²) in [5.74, 6) is 1.23. The van der Waals surface area contributed by atoms with E-state index in [-0.39, 0.29) is 0 Å². The second kappa shape index (κ2) is 5.74. The normalized spacial score (nSPS) is 12.7. The lowest BCUT2D eigenvalue weighted by Gasteiger charge is -2.06. The summed E-state index contributed by atoms with van der Waals surface area (Å²) < 4.78 is 0. The van der Waals surface area contributed by atoms with Crippen LogP contribution in [-0.2, 0) is 0 Å². The first kappa shape index (κ1) is 13.4. The number of rotatable bonds is 4. The van der Waals surface area contributed by atoms with Gasteiger partial charge < -0.3 is 10.7 Å². The third-order valence-electron chi connectivity index (χ3n) is 2.88.